The highest BCUT2D eigenvalue weighted by Gasteiger charge is 2.18. The Morgan fingerprint density at radius 1 is 1.17 bits per heavy atom. The van der Waals surface area contributed by atoms with E-state index in [1.165, 1.54) is 11.3 Å². The fourth-order valence-corrected chi connectivity index (χ4v) is 3.75. The molecule has 0 aliphatic carbocycles. The summed E-state index contributed by atoms with van der Waals surface area (Å²) in [6.45, 7) is 2.72. The van der Waals surface area contributed by atoms with Gasteiger partial charge in [-0.1, -0.05) is 0 Å². The quantitative estimate of drug-likeness (QED) is 0.504. The number of amides is 1. The Morgan fingerprint density at radius 2 is 2.07 bits per heavy atom. The van der Waals surface area contributed by atoms with E-state index in [2.05, 4.69) is 10.3 Å². The van der Waals surface area contributed by atoms with Crippen molar-refractivity contribution in [3.05, 3.63) is 53.4 Å². The van der Waals surface area contributed by atoms with Crippen molar-refractivity contribution in [1.29, 1.82) is 0 Å². The zero-order chi connectivity index (χ0) is 19.8. The first-order chi connectivity index (χ1) is 14.2. The largest absolute Gasteiger partial charge is 0.494 e. The Hall–Kier alpha value is -3.52. The molecule has 1 aliphatic heterocycles. The van der Waals surface area contributed by atoms with E-state index in [0.717, 1.165) is 16.7 Å². The molecule has 7 nitrogen and oxygen atoms in total. The second kappa shape index (κ2) is 7.14. The van der Waals surface area contributed by atoms with Crippen molar-refractivity contribution in [1.82, 2.24) is 4.98 Å². The maximum atomic E-state index is 12.5. The lowest BCUT2D eigenvalue weighted by Gasteiger charge is -2.03. The van der Waals surface area contributed by atoms with E-state index in [9.17, 15) is 4.79 Å². The SMILES string of the molecule is CCOc1ccc2oc(-c3csc(NC(=O)c4ccc5c(c4)OCO5)n3)cc2c1. The van der Waals surface area contributed by atoms with Gasteiger partial charge in [-0.15, -0.1) is 11.3 Å². The molecule has 0 unspecified atom stereocenters. The Bertz CT molecular complexity index is 1210. The van der Waals surface area contributed by atoms with Crippen molar-refractivity contribution in [2.45, 2.75) is 6.92 Å². The van der Waals surface area contributed by atoms with Crippen molar-refractivity contribution in [2.75, 3.05) is 18.7 Å². The lowest BCUT2D eigenvalue weighted by molar-refractivity contribution is 0.102. The summed E-state index contributed by atoms with van der Waals surface area (Å²) < 4.78 is 22.0. The van der Waals surface area contributed by atoms with Crippen LogP contribution in [0, 0.1) is 0 Å². The van der Waals surface area contributed by atoms with Crippen molar-refractivity contribution in [3.63, 3.8) is 0 Å². The van der Waals surface area contributed by atoms with E-state index < -0.39 is 0 Å². The molecule has 5 rings (SSSR count). The van der Waals surface area contributed by atoms with Gasteiger partial charge in [0.05, 0.1) is 6.61 Å². The highest BCUT2D eigenvalue weighted by atomic mass is 32.1. The van der Waals surface area contributed by atoms with E-state index in [1.807, 2.05) is 36.6 Å². The first-order valence-electron chi connectivity index (χ1n) is 9.03. The van der Waals surface area contributed by atoms with Crippen LogP contribution < -0.4 is 19.5 Å². The lowest BCUT2D eigenvalue weighted by Crippen LogP contribution is -2.11. The molecule has 2 aromatic heterocycles. The second-order valence-corrected chi connectivity index (χ2v) is 7.16. The molecular weight excluding hydrogens is 392 g/mol. The summed E-state index contributed by atoms with van der Waals surface area (Å²) in [5, 5.41) is 6.07. The van der Waals surface area contributed by atoms with Crippen LogP contribution in [-0.2, 0) is 0 Å². The molecule has 0 atom stereocenters. The lowest BCUT2D eigenvalue weighted by atomic mass is 10.2. The normalized spacial score (nSPS) is 12.3. The molecule has 4 aromatic rings. The summed E-state index contributed by atoms with van der Waals surface area (Å²) in [6.07, 6.45) is 0. The Morgan fingerprint density at radius 3 is 2.97 bits per heavy atom. The molecule has 3 heterocycles. The predicted octanol–water partition coefficient (Wildman–Crippen LogP) is 4.94. The molecule has 1 N–H and O–H groups in total. The predicted molar refractivity (Wildman–Crippen MR) is 109 cm³/mol. The number of hydrogen-bond acceptors (Lipinski definition) is 7. The van der Waals surface area contributed by atoms with Crippen LogP contribution in [0.4, 0.5) is 5.13 Å². The highest BCUT2D eigenvalue weighted by Crippen LogP contribution is 2.34. The summed E-state index contributed by atoms with van der Waals surface area (Å²) in [5.41, 5.74) is 1.88. The first-order valence-corrected chi connectivity index (χ1v) is 9.91. The summed E-state index contributed by atoms with van der Waals surface area (Å²) in [7, 11) is 0. The third-order valence-electron chi connectivity index (χ3n) is 4.41. The third kappa shape index (κ3) is 3.38. The average molecular weight is 408 g/mol. The number of anilines is 1. The van der Waals surface area contributed by atoms with Gasteiger partial charge in [0.15, 0.2) is 22.4 Å². The number of thiazole rings is 1. The number of ether oxygens (including phenoxy) is 3. The number of aromatic nitrogens is 1. The van der Waals surface area contributed by atoms with Crippen LogP contribution in [0.1, 0.15) is 17.3 Å². The number of carbonyl (C=O) groups excluding carboxylic acids is 1. The van der Waals surface area contributed by atoms with E-state index in [-0.39, 0.29) is 12.7 Å². The third-order valence-corrected chi connectivity index (χ3v) is 5.17. The summed E-state index contributed by atoms with van der Waals surface area (Å²) in [6, 6.07) is 12.6. The van der Waals surface area contributed by atoms with Crippen molar-refractivity contribution in [2.24, 2.45) is 0 Å². The molecule has 0 spiro atoms. The minimum absolute atomic E-state index is 0.166. The van der Waals surface area contributed by atoms with Gasteiger partial charge >= 0.3 is 0 Å². The number of carbonyl (C=O) groups is 1. The number of rotatable bonds is 5. The molecule has 146 valence electrons. The number of hydrogen-bond donors (Lipinski definition) is 1. The van der Waals surface area contributed by atoms with Crippen LogP contribution in [-0.4, -0.2) is 24.3 Å². The van der Waals surface area contributed by atoms with Gasteiger partial charge in [0.1, 0.15) is 17.0 Å². The molecule has 1 aliphatic rings. The van der Waals surface area contributed by atoms with Gasteiger partial charge in [0.25, 0.3) is 5.91 Å². The van der Waals surface area contributed by atoms with Crippen molar-refractivity contribution in [3.8, 4) is 28.7 Å². The van der Waals surface area contributed by atoms with Gasteiger partial charge in [-0.2, -0.15) is 0 Å². The Kier molecular flexibility index (Phi) is 4.33. The number of nitrogens with zero attached hydrogens (tertiary/aromatic N) is 1. The second-order valence-electron chi connectivity index (χ2n) is 6.30. The molecule has 8 heteroatoms. The molecule has 0 radical (unpaired) electrons. The molecule has 29 heavy (non-hydrogen) atoms. The Balaban J connectivity index is 1.35. The minimum Gasteiger partial charge on any atom is -0.494 e. The van der Waals surface area contributed by atoms with Crippen molar-refractivity contribution >= 4 is 33.3 Å². The maximum absolute atomic E-state index is 12.5. The standard InChI is InChI=1S/C21H16N2O5S/c1-2-25-14-4-6-16-13(7-14)9-18(28-16)15-10-29-21(22-15)23-20(24)12-3-5-17-19(8-12)27-11-26-17/h3-10H,2,11H2,1H3,(H,22,23,24). The van der Waals surface area contributed by atoms with Crippen LogP contribution in [0.3, 0.4) is 0 Å². The van der Waals surface area contributed by atoms with E-state index in [1.54, 1.807) is 18.2 Å². The number of fused-ring (bicyclic) bond motifs is 2. The van der Waals surface area contributed by atoms with Crippen LogP contribution in [0.2, 0.25) is 0 Å². The highest BCUT2D eigenvalue weighted by molar-refractivity contribution is 7.14. The van der Waals surface area contributed by atoms with E-state index in [4.69, 9.17) is 18.6 Å². The van der Waals surface area contributed by atoms with Crippen molar-refractivity contribution < 1.29 is 23.4 Å². The van der Waals surface area contributed by atoms with E-state index in [0.29, 0.717) is 40.3 Å². The molecule has 2 aromatic carbocycles. The van der Waals surface area contributed by atoms with Crippen LogP contribution in [0.25, 0.3) is 22.4 Å². The molecular formula is C21H16N2O5S. The number of nitrogens with one attached hydrogen (secondary N) is 1. The topological polar surface area (TPSA) is 82.8 Å². The first kappa shape index (κ1) is 17.6. The minimum atomic E-state index is -0.268. The summed E-state index contributed by atoms with van der Waals surface area (Å²) >= 11 is 1.33. The smallest absolute Gasteiger partial charge is 0.257 e. The average Bonchev–Trinajstić information content (AvgIpc) is 3.46. The van der Waals surface area contributed by atoms with Gasteiger partial charge in [-0.3, -0.25) is 10.1 Å². The maximum Gasteiger partial charge on any atom is 0.257 e. The van der Waals surface area contributed by atoms with E-state index >= 15 is 0 Å². The van der Waals surface area contributed by atoms with Gasteiger partial charge in [0, 0.05) is 16.3 Å². The molecule has 0 bridgehead atoms. The van der Waals surface area contributed by atoms with Crippen LogP contribution in [0.15, 0.2) is 52.3 Å². The molecule has 0 saturated heterocycles. The fraction of sp³-hybridized carbons (Fsp3) is 0.143. The number of benzene rings is 2. The number of furan rings is 1. The summed E-state index contributed by atoms with van der Waals surface area (Å²) in [5.74, 6) is 2.35. The summed E-state index contributed by atoms with van der Waals surface area (Å²) in [4.78, 5) is 17.0. The van der Waals surface area contributed by atoms with Gasteiger partial charge < -0.3 is 18.6 Å². The van der Waals surface area contributed by atoms with Gasteiger partial charge in [-0.25, -0.2) is 4.98 Å². The molecule has 0 fully saturated rings. The fourth-order valence-electron chi connectivity index (χ4n) is 3.06. The van der Waals surface area contributed by atoms with Gasteiger partial charge in [0.2, 0.25) is 6.79 Å². The molecule has 0 saturated carbocycles. The van der Waals surface area contributed by atoms with Gasteiger partial charge in [-0.05, 0) is 49.4 Å². The monoisotopic (exact) mass is 408 g/mol. The Labute approximate surface area is 169 Å². The van der Waals surface area contributed by atoms with Crippen LogP contribution in [0.5, 0.6) is 17.2 Å². The zero-order valence-corrected chi connectivity index (χ0v) is 16.2. The van der Waals surface area contributed by atoms with Crippen LogP contribution >= 0.6 is 11.3 Å². The zero-order valence-electron chi connectivity index (χ0n) is 15.4. The molecule has 1 amide bonds.